The highest BCUT2D eigenvalue weighted by Gasteiger charge is 2.13. The number of amides is 1. The molecule has 0 radical (unpaired) electrons. The quantitative estimate of drug-likeness (QED) is 0.122. The maximum Gasteiger partial charge on any atom is 0.325 e. The first-order chi connectivity index (χ1) is 14.8. The normalized spacial score (nSPS) is 11.1. The molecule has 0 spiro atoms. The van der Waals surface area contributed by atoms with E-state index in [4.69, 9.17) is 33.4 Å². The number of nitrogens with zero attached hydrogens (tertiary/aromatic N) is 1. The van der Waals surface area contributed by atoms with Crippen LogP contribution in [0.25, 0.3) is 0 Å². The molecule has 1 heterocycles. The second-order valence-corrected chi connectivity index (χ2v) is 6.59. The van der Waals surface area contributed by atoms with E-state index in [9.17, 15) is 9.59 Å². The van der Waals surface area contributed by atoms with Gasteiger partial charge in [0, 0.05) is 0 Å². The highest BCUT2D eigenvalue weighted by Crippen LogP contribution is 2.19. The smallest absolute Gasteiger partial charge is 0.325 e. The molecule has 2 aromatic rings. The van der Waals surface area contributed by atoms with E-state index >= 15 is 0 Å². The van der Waals surface area contributed by atoms with Crippen LogP contribution in [0, 0.1) is 0 Å². The average molecular weight is 433 g/mol. The van der Waals surface area contributed by atoms with Gasteiger partial charge in [-0.25, -0.2) is 4.98 Å². The molecule has 1 aromatic heterocycles. The van der Waals surface area contributed by atoms with Crippen LogP contribution < -0.4 is 44.0 Å². The fourth-order valence-electron chi connectivity index (χ4n) is 2.29. The summed E-state index contributed by atoms with van der Waals surface area (Å²) in [4.78, 5) is 26.7. The zero-order valence-electron chi connectivity index (χ0n) is 17.6. The zero-order chi connectivity index (χ0) is 23.2. The number of carbonyl (C=O) groups excluding carboxylic acids is 2. The van der Waals surface area contributed by atoms with Crippen LogP contribution in [-0.2, 0) is 9.59 Å². The third-order valence-corrected chi connectivity index (χ3v) is 3.98. The van der Waals surface area contributed by atoms with E-state index in [1.165, 1.54) is 0 Å². The van der Waals surface area contributed by atoms with Gasteiger partial charge in [-0.1, -0.05) is 18.6 Å². The highest BCUT2D eigenvalue weighted by molar-refractivity contribution is 5.94. The zero-order valence-corrected chi connectivity index (χ0v) is 17.6. The van der Waals surface area contributed by atoms with Crippen molar-refractivity contribution in [1.29, 1.82) is 0 Å². The number of para-hydroxylation sites is 2. The minimum absolute atomic E-state index is 0.175. The number of rotatable bonds is 9. The van der Waals surface area contributed by atoms with Crippen molar-refractivity contribution in [1.82, 2.24) is 10.3 Å². The van der Waals surface area contributed by atoms with Crippen LogP contribution in [0.5, 0.6) is 5.75 Å². The number of esters is 1. The summed E-state index contributed by atoms with van der Waals surface area (Å²) in [6.07, 6.45) is 2.27. The Morgan fingerprint density at radius 1 is 1.06 bits per heavy atom. The summed E-state index contributed by atoms with van der Waals surface area (Å²) in [6.45, 7) is 0.777. The molecule has 2 rings (SSSR count). The Balaban J connectivity index is 0.000000327. The minimum atomic E-state index is -0.572. The number of aromatic nitrogens is 1. The number of nitrogens with one attached hydrogen (secondary N) is 2. The average Bonchev–Trinajstić information content (AvgIpc) is 2.73. The summed E-state index contributed by atoms with van der Waals surface area (Å²) < 4.78 is 4.96. The van der Waals surface area contributed by atoms with Crippen molar-refractivity contribution >= 4 is 34.9 Å². The van der Waals surface area contributed by atoms with Crippen LogP contribution in [-0.4, -0.2) is 43.0 Å². The number of anilines is 4. The topological polar surface area (TPSA) is 210 Å². The van der Waals surface area contributed by atoms with Gasteiger partial charge in [-0.05, 0) is 50.7 Å². The number of hydrogen-bond donors (Lipinski definition) is 7. The van der Waals surface area contributed by atoms with E-state index in [0.29, 0.717) is 35.9 Å². The number of pyridine rings is 1. The van der Waals surface area contributed by atoms with E-state index in [2.05, 4.69) is 15.6 Å². The van der Waals surface area contributed by atoms with Crippen LogP contribution in [0.3, 0.4) is 0 Å². The van der Waals surface area contributed by atoms with Gasteiger partial charge in [-0.15, -0.1) is 0 Å². The van der Waals surface area contributed by atoms with E-state index in [1.807, 2.05) is 0 Å². The van der Waals surface area contributed by atoms with Gasteiger partial charge < -0.3 is 44.0 Å². The summed E-state index contributed by atoms with van der Waals surface area (Å²) in [5.74, 6) is 0.303. The second kappa shape index (κ2) is 13.7. The Labute approximate surface area is 181 Å². The van der Waals surface area contributed by atoms with Gasteiger partial charge in [0.15, 0.2) is 5.75 Å². The van der Waals surface area contributed by atoms with Crippen molar-refractivity contribution < 1.29 is 14.3 Å². The van der Waals surface area contributed by atoms with Crippen LogP contribution in [0.4, 0.5) is 23.0 Å². The van der Waals surface area contributed by atoms with Crippen molar-refractivity contribution in [2.24, 2.45) is 11.5 Å². The maximum atomic E-state index is 11.7. The number of carbonyl (C=O) groups is 2. The Morgan fingerprint density at radius 2 is 1.77 bits per heavy atom. The lowest BCUT2D eigenvalue weighted by atomic mass is 10.1. The van der Waals surface area contributed by atoms with Crippen molar-refractivity contribution in [3.8, 4) is 5.75 Å². The molecule has 170 valence electrons. The summed E-state index contributed by atoms with van der Waals surface area (Å²) in [5.41, 5.74) is 28.6. The van der Waals surface area contributed by atoms with Gasteiger partial charge in [-0.3, -0.25) is 9.59 Å². The molecule has 0 bridgehead atoms. The molecule has 1 amide bonds. The molecular weight excluding hydrogens is 400 g/mol. The molecule has 12 N–H and O–H groups in total. The Bertz CT molecular complexity index is 847. The Hall–Kier alpha value is -3.41. The summed E-state index contributed by atoms with van der Waals surface area (Å²) in [5, 5.41) is 5.29. The molecule has 0 aliphatic rings. The number of nitrogen functional groups attached to an aromatic ring is 3. The number of hydrogen-bond acceptors (Lipinski definition) is 10. The molecule has 0 fully saturated rings. The van der Waals surface area contributed by atoms with Crippen LogP contribution in [0.15, 0.2) is 36.4 Å². The summed E-state index contributed by atoms with van der Waals surface area (Å²) in [7, 11) is 1.68. The Kier molecular flexibility index (Phi) is 11.4. The van der Waals surface area contributed by atoms with Crippen molar-refractivity contribution in [3.05, 3.63) is 36.4 Å². The molecule has 31 heavy (non-hydrogen) atoms. The van der Waals surface area contributed by atoms with Gasteiger partial charge in [-0.2, -0.15) is 0 Å². The minimum Gasteiger partial charge on any atom is -0.423 e. The first kappa shape index (κ1) is 25.6. The van der Waals surface area contributed by atoms with Gasteiger partial charge in [0.1, 0.15) is 11.6 Å². The van der Waals surface area contributed by atoms with E-state index in [-0.39, 0.29) is 24.2 Å². The van der Waals surface area contributed by atoms with E-state index in [1.54, 1.807) is 43.4 Å². The molecule has 11 nitrogen and oxygen atoms in total. The van der Waals surface area contributed by atoms with Crippen molar-refractivity contribution in [2.75, 3.05) is 42.7 Å². The van der Waals surface area contributed by atoms with E-state index in [0.717, 1.165) is 12.8 Å². The standard InChI is InChI=1S/C11H20N6O.C9H12N2O2/c12-6-2-1-3-8(14)11(18)17-9-5-4-7(13)10(15)16-9;1-11-6-9(12)13-8-5-3-2-4-7(8)10/h4-5,8H,1-3,6,12-14H2,(H3,15,16,17,18);2-5,11H,6,10H2,1H3. The molecule has 1 unspecified atom stereocenters. The van der Waals surface area contributed by atoms with Crippen LogP contribution in [0.1, 0.15) is 19.3 Å². The fraction of sp³-hybridized carbons (Fsp3) is 0.350. The second-order valence-electron chi connectivity index (χ2n) is 6.59. The number of unbranched alkanes of at least 4 members (excludes halogenated alkanes) is 1. The van der Waals surface area contributed by atoms with Gasteiger partial charge in [0.05, 0.1) is 24.0 Å². The monoisotopic (exact) mass is 432 g/mol. The molecule has 1 aromatic carbocycles. The van der Waals surface area contributed by atoms with Crippen LogP contribution >= 0.6 is 0 Å². The third-order valence-electron chi connectivity index (χ3n) is 3.98. The number of likely N-dealkylation sites (N-methyl/N-ethyl adjacent to an activating group) is 1. The lowest BCUT2D eigenvalue weighted by Crippen LogP contribution is -2.35. The molecule has 1 atom stereocenters. The molecule has 0 aliphatic heterocycles. The van der Waals surface area contributed by atoms with Gasteiger partial charge in [0.2, 0.25) is 5.91 Å². The predicted molar refractivity (Wildman–Crippen MR) is 123 cm³/mol. The number of ether oxygens (including phenoxy) is 1. The third kappa shape index (κ3) is 9.76. The summed E-state index contributed by atoms with van der Waals surface area (Å²) in [6, 6.07) is 9.47. The highest BCUT2D eigenvalue weighted by atomic mass is 16.5. The SMILES string of the molecule is CNCC(=O)Oc1ccccc1N.NCCCCC(N)C(=O)Nc1ccc(N)c(N)n1. The fourth-order valence-corrected chi connectivity index (χ4v) is 2.29. The summed E-state index contributed by atoms with van der Waals surface area (Å²) >= 11 is 0. The lowest BCUT2D eigenvalue weighted by molar-refractivity contribution is -0.133. The maximum absolute atomic E-state index is 11.7. The van der Waals surface area contributed by atoms with Crippen LogP contribution in [0.2, 0.25) is 0 Å². The largest absolute Gasteiger partial charge is 0.423 e. The number of nitrogens with two attached hydrogens (primary N) is 5. The predicted octanol–water partition coefficient (Wildman–Crippen LogP) is 0.0344. The van der Waals surface area contributed by atoms with E-state index < -0.39 is 6.04 Å². The van der Waals surface area contributed by atoms with Crippen molar-refractivity contribution in [3.63, 3.8) is 0 Å². The molecule has 0 aliphatic carbocycles. The Morgan fingerprint density at radius 3 is 2.39 bits per heavy atom. The first-order valence-corrected chi connectivity index (χ1v) is 9.76. The molecule has 11 heteroatoms. The first-order valence-electron chi connectivity index (χ1n) is 9.76. The molecule has 0 saturated heterocycles. The van der Waals surface area contributed by atoms with Crippen molar-refractivity contribution in [2.45, 2.75) is 25.3 Å². The lowest BCUT2D eigenvalue weighted by Gasteiger charge is -2.12. The number of benzene rings is 1. The molecule has 0 saturated carbocycles. The van der Waals surface area contributed by atoms with Gasteiger partial charge >= 0.3 is 5.97 Å². The molecular formula is C20H32N8O3. The van der Waals surface area contributed by atoms with Gasteiger partial charge in [0.25, 0.3) is 0 Å².